The van der Waals surface area contributed by atoms with E-state index in [1.807, 2.05) is 12.1 Å². The Morgan fingerprint density at radius 3 is 2.71 bits per heavy atom. The molecule has 3 rings (SSSR count). The summed E-state index contributed by atoms with van der Waals surface area (Å²) in [6, 6.07) is 3.91. The Labute approximate surface area is 124 Å². The fourth-order valence-electron chi connectivity index (χ4n) is 2.63. The summed E-state index contributed by atoms with van der Waals surface area (Å²) in [5.41, 5.74) is 0.882. The first-order valence-corrected chi connectivity index (χ1v) is 7.57. The van der Waals surface area contributed by atoms with E-state index in [0.717, 1.165) is 31.4 Å². The molecule has 3 heterocycles. The second-order valence-electron chi connectivity index (χ2n) is 6.78. The van der Waals surface area contributed by atoms with Gasteiger partial charge in [-0.1, -0.05) is 0 Å². The number of aromatic nitrogens is 5. The van der Waals surface area contributed by atoms with Gasteiger partial charge in [0.1, 0.15) is 0 Å². The van der Waals surface area contributed by atoms with Gasteiger partial charge in [-0.25, -0.2) is 0 Å². The van der Waals surface area contributed by atoms with Gasteiger partial charge in [0.25, 0.3) is 0 Å². The van der Waals surface area contributed by atoms with E-state index in [-0.39, 0.29) is 5.54 Å². The van der Waals surface area contributed by atoms with Crippen LogP contribution in [0.25, 0.3) is 5.65 Å². The van der Waals surface area contributed by atoms with Crippen LogP contribution in [0.3, 0.4) is 0 Å². The Morgan fingerprint density at radius 1 is 1.24 bits per heavy atom. The van der Waals surface area contributed by atoms with Crippen LogP contribution in [0, 0.1) is 5.92 Å². The fraction of sp³-hybridized carbons (Fsp3) is 0.714. The highest BCUT2D eigenvalue weighted by molar-refractivity contribution is 5.44. The van der Waals surface area contributed by atoms with Crippen molar-refractivity contribution < 1.29 is 0 Å². The van der Waals surface area contributed by atoms with Crippen molar-refractivity contribution in [3.05, 3.63) is 12.1 Å². The van der Waals surface area contributed by atoms with Crippen molar-refractivity contribution in [3.8, 4) is 0 Å². The predicted molar refractivity (Wildman–Crippen MR) is 81.3 cm³/mol. The molecule has 21 heavy (non-hydrogen) atoms. The molecule has 0 aliphatic carbocycles. The molecule has 0 bridgehead atoms. The fourth-order valence-corrected chi connectivity index (χ4v) is 2.63. The molecule has 7 heteroatoms. The van der Waals surface area contributed by atoms with Crippen LogP contribution in [0.15, 0.2) is 12.1 Å². The summed E-state index contributed by atoms with van der Waals surface area (Å²) in [6.45, 7) is 9.82. The van der Waals surface area contributed by atoms with Crippen LogP contribution >= 0.6 is 0 Å². The second kappa shape index (κ2) is 5.55. The Balaban J connectivity index is 1.57. The molecule has 114 valence electrons. The molecule has 1 N–H and O–H groups in total. The zero-order valence-corrected chi connectivity index (χ0v) is 13.0. The number of fused-ring (bicyclic) bond motifs is 1. The smallest absolute Gasteiger partial charge is 0.200 e. The third kappa shape index (κ3) is 3.47. The van der Waals surface area contributed by atoms with Crippen LogP contribution in [-0.4, -0.2) is 50.4 Å². The molecule has 1 fully saturated rings. The third-order valence-corrected chi connectivity index (χ3v) is 3.92. The van der Waals surface area contributed by atoms with Crippen LogP contribution in [0.2, 0.25) is 0 Å². The number of anilines is 1. The zero-order valence-electron chi connectivity index (χ0n) is 13.0. The molecular formula is C14H23N7. The number of piperidine rings is 1. The highest BCUT2D eigenvalue weighted by Gasteiger charge is 2.22. The topological polar surface area (TPSA) is 71.2 Å². The summed E-state index contributed by atoms with van der Waals surface area (Å²) in [5.74, 6) is 1.70. The lowest BCUT2D eigenvalue weighted by atomic mass is 9.95. The van der Waals surface area contributed by atoms with Crippen LogP contribution in [0.1, 0.15) is 33.6 Å². The van der Waals surface area contributed by atoms with Gasteiger partial charge in [-0.2, -0.15) is 0 Å². The maximum absolute atomic E-state index is 4.46. The lowest BCUT2D eigenvalue weighted by molar-refractivity contribution is 0.328. The van der Waals surface area contributed by atoms with Crippen molar-refractivity contribution >= 4 is 11.5 Å². The molecule has 7 nitrogen and oxygen atoms in total. The van der Waals surface area contributed by atoms with Gasteiger partial charge in [0.05, 0.1) is 0 Å². The molecular weight excluding hydrogens is 266 g/mol. The summed E-state index contributed by atoms with van der Waals surface area (Å²) in [6.07, 6.45) is 2.39. The van der Waals surface area contributed by atoms with E-state index >= 15 is 0 Å². The van der Waals surface area contributed by atoms with Crippen molar-refractivity contribution in [2.75, 3.05) is 24.5 Å². The van der Waals surface area contributed by atoms with Gasteiger partial charge in [-0.05, 0) is 68.6 Å². The van der Waals surface area contributed by atoms with Crippen molar-refractivity contribution in [1.82, 2.24) is 30.6 Å². The van der Waals surface area contributed by atoms with Gasteiger partial charge in [0.15, 0.2) is 11.5 Å². The maximum Gasteiger partial charge on any atom is 0.200 e. The molecule has 0 atom stereocenters. The highest BCUT2D eigenvalue weighted by atomic mass is 15.6. The van der Waals surface area contributed by atoms with Gasteiger partial charge in [-0.3, -0.25) is 0 Å². The van der Waals surface area contributed by atoms with Gasteiger partial charge in [-0.15, -0.1) is 14.8 Å². The number of hydrogen-bond donors (Lipinski definition) is 1. The Kier molecular flexibility index (Phi) is 3.75. The van der Waals surface area contributed by atoms with Crippen molar-refractivity contribution in [2.45, 2.75) is 39.2 Å². The predicted octanol–water partition coefficient (Wildman–Crippen LogP) is 1.12. The number of nitrogens with zero attached hydrogens (tertiary/aromatic N) is 6. The largest absolute Gasteiger partial charge is 0.355 e. The van der Waals surface area contributed by atoms with E-state index in [0.29, 0.717) is 5.65 Å². The minimum atomic E-state index is 0.198. The van der Waals surface area contributed by atoms with E-state index in [9.17, 15) is 0 Å². The van der Waals surface area contributed by atoms with Gasteiger partial charge < -0.3 is 10.2 Å². The Bertz CT molecular complexity index is 593. The molecule has 0 aromatic carbocycles. The summed E-state index contributed by atoms with van der Waals surface area (Å²) >= 11 is 0. The van der Waals surface area contributed by atoms with Gasteiger partial charge >= 0.3 is 0 Å². The van der Waals surface area contributed by atoms with Crippen LogP contribution in [-0.2, 0) is 0 Å². The average molecular weight is 289 g/mol. The van der Waals surface area contributed by atoms with E-state index in [4.69, 9.17) is 0 Å². The Morgan fingerprint density at radius 2 is 2.00 bits per heavy atom. The van der Waals surface area contributed by atoms with Crippen molar-refractivity contribution in [2.24, 2.45) is 5.92 Å². The molecule has 2 aromatic heterocycles. The highest BCUT2D eigenvalue weighted by Crippen LogP contribution is 2.21. The van der Waals surface area contributed by atoms with E-state index < -0.39 is 0 Å². The number of rotatable bonds is 3. The number of nitrogens with one attached hydrogen (secondary N) is 1. The molecule has 1 saturated heterocycles. The Hall–Kier alpha value is -1.76. The molecule has 0 radical (unpaired) electrons. The standard InChI is InChI=1S/C14H23N7/c1-14(2,3)15-10-11-6-8-20(9-7-11)13-5-4-12-16-18-19-21(12)17-13/h4-5,11,15H,6-10H2,1-3H3. The van der Waals surface area contributed by atoms with E-state index in [1.165, 1.54) is 17.5 Å². The first-order chi connectivity index (χ1) is 10.0. The molecule has 0 spiro atoms. The minimum absolute atomic E-state index is 0.198. The van der Waals surface area contributed by atoms with Gasteiger partial charge in [0, 0.05) is 18.6 Å². The number of hydrogen-bond acceptors (Lipinski definition) is 6. The molecule has 1 aliphatic heterocycles. The molecule has 0 unspecified atom stereocenters. The monoisotopic (exact) mass is 289 g/mol. The van der Waals surface area contributed by atoms with Gasteiger partial charge in [0.2, 0.25) is 0 Å². The van der Waals surface area contributed by atoms with E-state index in [1.54, 1.807) is 0 Å². The number of tetrazole rings is 1. The minimum Gasteiger partial charge on any atom is -0.355 e. The lowest BCUT2D eigenvalue weighted by Gasteiger charge is -2.34. The molecule has 0 amide bonds. The average Bonchev–Trinajstić information content (AvgIpc) is 2.92. The van der Waals surface area contributed by atoms with Crippen molar-refractivity contribution in [3.63, 3.8) is 0 Å². The maximum atomic E-state index is 4.46. The first kappa shape index (κ1) is 14.2. The molecule has 1 aliphatic rings. The summed E-state index contributed by atoms with van der Waals surface area (Å²) in [4.78, 5) is 2.31. The SMILES string of the molecule is CC(C)(C)NCC1CCN(c2ccc3nnnn3n2)CC1. The molecule has 2 aromatic rings. The van der Waals surface area contributed by atoms with Crippen LogP contribution in [0.5, 0.6) is 0 Å². The quantitative estimate of drug-likeness (QED) is 0.913. The summed E-state index contributed by atoms with van der Waals surface area (Å²) in [5, 5.41) is 19.4. The molecule has 0 saturated carbocycles. The third-order valence-electron chi connectivity index (χ3n) is 3.92. The van der Waals surface area contributed by atoms with E-state index in [2.05, 4.69) is 51.6 Å². The van der Waals surface area contributed by atoms with Crippen LogP contribution in [0.4, 0.5) is 5.82 Å². The summed E-state index contributed by atoms with van der Waals surface area (Å²) in [7, 11) is 0. The van der Waals surface area contributed by atoms with Crippen molar-refractivity contribution in [1.29, 1.82) is 0 Å². The lowest BCUT2D eigenvalue weighted by Crippen LogP contribution is -2.43. The second-order valence-corrected chi connectivity index (χ2v) is 6.78. The van der Waals surface area contributed by atoms with Crippen LogP contribution < -0.4 is 10.2 Å². The summed E-state index contributed by atoms with van der Waals surface area (Å²) < 4.78 is 1.49. The normalized spacial score (nSPS) is 17.6. The zero-order chi connectivity index (χ0) is 14.9. The first-order valence-electron chi connectivity index (χ1n) is 7.57.